The predicted molar refractivity (Wildman–Crippen MR) is 55.1 cm³/mol. The normalized spacial score (nSPS) is 23.5. The van der Waals surface area contributed by atoms with E-state index in [0.29, 0.717) is 0 Å². The molecule has 0 bridgehead atoms. The summed E-state index contributed by atoms with van der Waals surface area (Å²) in [5.74, 6) is 1.37. The molecule has 0 aromatic carbocycles. The van der Waals surface area contributed by atoms with Crippen molar-refractivity contribution in [2.24, 2.45) is 11.3 Å². The van der Waals surface area contributed by atoms with E-state index in [-0.39, 0.29) is 17.1 Å². The van der Waals surface area contributed by atoms with Crippen molar-refractivity contribution in [2.45, 2.75) is 27.7 Å². The van der Waals surface area contributed by atoms with Gasteiger partial charge in [-0.2, -0.15) is 0 Å². The SMILES string of the molecule is CC(=O)[C]1C=CC=CC1C(C)(C)C. The van der Waals surface area contributed by atoms with Crippen LogP contribution in [0, 0.1) is 17.3 Å². The quantitative estimate of drug-likeness (QED) is 0.602. The van der Waals surface area contributed by atoms with Gasteiger partial charge in [0.25, 0.3) is 0 Å². The second-order valence-electron chi connectivity index (χ2n) is 4.60. The first-order valence-electron chi connectivity index (χ1n) is 4.65. The molecule has 13 heavy (non-hydrogen) atoms. The van der Waals surface area contributed by atoms with E-state index >= 15 is 0 Å². The van der Waals surface area contributed by atoms with Gasteiger partial charge >= 0.3 is 0 Å². The fourth-order valence-electron chi connectivity index (χ4n) is 1.63. The lowest BCUT2D eigenvalue weighted by Gasteiger charge is -2.33. The minimum absolute atomic E-state index is 0.127. The summed E-state index contributed by atoms with van der Waals surface area (Å²) >= 11 is 0. The van der Waals surface area contributed by atoms with Crippen LogP contribution in [0.2, 0.25) is 0 Å². The van der Waals surface area contributed by atoms with E-state index in [9.17, 15) is 4.79 Å². The maximum atomic E-state index is 11.3. The van der Waals surface area contributed by atoms with E-state index in [1.165, 1.54) is 0 Å². The zero-order valence-electron chi connectivity index (χ0n) is 8.79. The van der Waals surface area contributed by atoms with Gasteiger partial charge in [-0.25, -0.2) is 0 Å². The van der Waals surface area contributed by atoms with E-state index in [4.69, 9.17) is 0 Å². The minimum atomic E-state index is 0.127. The van der Waals surface area contributed by atoms with Gasteiger partial charge in [0.15, 0.2) is 0 Å². The molecular formula is C12H17O. The van der Waals surface area contributed by atoms with Crippen molar-refractivity contribution in [3.63, 3.8) is 0 Å². The third-order valence-electron chi connectivity index (χ3n) is 2.37. The molecular weight excluding hydrogens is 160 g/mol. The molecule has 1 rings (SSSR count). The van der Waals surface area contributed by atoms with Crippen LogP contribution in [0.3, 0.4) is 0 Å². The van der Waals surface area contributed by atoms with E-state index < -0.39 is 0 Å². The van der Waals surface area contributed by atoms with Crippen LogP contribution in [0.15, 0.2) is 24.3 Å². The van der Waals surface area contributed by atoms with Crippen LogP contribution < -0.4 is 0 Å². The van der Waals surface area contributed by atoms with Gasteiger partial charge < -0.3 is 0 Å². The first-order valence-corrected chi connectivity index (χ1v) is 4.65. The fourth-order valence-corrected chi connectivity index (χ4v) is 1.63. The monoisotopic (exact) mass is 177 g/mol. The number of carbonyl (C=O) groups excluding carboxylic acids is 1. The van der Waals surface area contributed by atoms with Crippen LogP contribution in [0.4, 0.5) is 0 Å². The Bertz CT molecular complexity index is 253. The van der Waals surface area contributed by atoms with Crippen molar-refractivity contribution in [2.75, 3.05) is 0 Å². The summed E-state index contributed by atoms with van der Waals surface area (Å²) in [7, 11) is 0. The molecule has 0 spiro atoms. The van der Waals surface area contributed by atoms with Crippen LogP contribution in [0.5, 0.6) is 0 Å². The largest absolute Gasteiger partial charge is 0.299 e. The predicted octanol–water partition coefficient (Wildman–Crippen LogP) is 2.94. The molecule has 0 aliphatic heterocycles. The van der Waals surface area contributed by atoms with Crippen molar-refractivity contribution in [1.29, 1.82) is 0 Å². The Morgan fingerprint density at radius 1 is 1.31 bits per heavy atom. The topological polar surface area (TPSA) is 17.1 Å². The molecule has 1 heteroatoms. The highest BCUT2D eigenvalue weighted by molar-refractivity contribution is 5.93. The Labute approximate surface area is 80.5 Å². The molecule has 0 heterocycles. The minimum Gasteiger partial charge on any atom is -0.299 e. The first kappa shape index (κ1) is 10.2. The molecule has 1 atom stereocenters. The lowest BCUT2D eigenvalue weighted by Crippen LogP contribution is -2.29. The van der Waals surface area contributed by atoms with E-state index in [0.717, 1.165) is 5.92 Å². The second kappa shape index (κ2) is 3.49. The molecule has 0 fully saturated rings. The molecule has 1 aliphatic rings. The molecule has 1 radical (unpaired) electrons. The van der Waals surface area contributed by atoms with Gasteiger partial charge in [0.1, 0.15) is 5.78 Å². The summed E-state index contributed by atoms with van der Waals surface area (Å²) < 4.78 is 0. The molecule has 1 aliphatic carbocycles. The van der Waals surface area contributed by atoms with Crippen molar-refractivity contribution < 1.29 is 4.79 Å². The van der Waals surface area contributed by atoms with Gasteiger partial charge in [-0.3, -0.25) is 4.79 Å². The van der Waals surface area contributed by atoms with Crippen LogP contribution in [0.25, 0.3) is 0 Å². The average molecular weight is 177 g/mol. The molecule has 0 amide bonds. The lowest BCUT2D eigenvalue weighted by molar-refractivity contribution is -0.115. The summed E-state index contributed by atoms with van der Waals surface area (Å²) in [6, 6.07) is 0. The summed E-state index contributed by atoms with van der Waals surface area (Å²) in [5.41, 5.74) is 0.127. The van der Waals surface area contributed by atoms with Crippen molar-refractivity contribution in [3.8, 4) is 0 Å². The maximum absolute atomic E-state index is 11.3. The molecule has 71 valence electrons. The third-order valence-corrected chi connectivity index (χ3v) is 2.37. The smallest absolute Gasteiger partial charge is 0.141 e. The Kier molecular flexibility index (Phi) is 2.74. The van der Waals surface area contributed by atoms with Gasteiger partial charge in [0.2, 0.25) is 0 Å². The van der Waals surface area contributed by atoms with Gasteiger partial charge in [-0.15, -0.1) is 0 Å². The van der Waals surface area contributed by atoms with Crippen LogP contribution in [-0.4, -0.2) is 5.78 Å². The van der Waals surface area contributed by atoms with Gasteiger partial charge in [-0.1, -0.05) is 45.1 Å². The fraction of sp³-hybridized carbons (Fsp3) is 0.500. The van der Waals surface area contributed by atoms with E-state index in [2.05, 4.69) is 26.8 Å². The standard InChI is InChI=1S/C12H17O/c1-9(13)10-7-5-6-8-11(10)12(2,3)4/h5-8,11H,1-4H3. The molecule has 1 unspecified atom stereocenters. The highest BCUT2D eigenvalue weighted by Crippen LogP contribution is 2.37. The summed E-state index contributed by atoms with van der Waals surface area (Å²) in [6.07, 6.45) is 7.98. The molecule has 0 N–H and O–H groups in total. The number of ketones is 1. The highest BCUT2D eigenvalue weighted by Gasteiger charge is 2.32. The van der Waals surface area contributed by atoms with Gasteiger partial charge in [0.05, 0.1) is 5.92 Å². The Morgan fingerprint density at radius 2 is 1.92 bits per heavy atom. The Morgan fingerprint density at radius 3 is 2.31 bits per heavy atom. The van der Waals surface area contributed by atoms with Crippen molar-refractivity contribution in [1.82, 2.24) is 0 Å². The molecule has 0 saturated heterocycles. The summed E-state index contributed by atoms with van der Waals surface area (Å²) in [6.45, 7) is 8.11. The number of Topliss-reactive ketones (excluding diaryl/α,β-unsaturated/α-hetero) is 1. The summed E-state index contributed by atoms with van der Waals surface area (Å²) in [4.78, 5) is 11.3. The third kappa shape index (κ3) is 2.30. The first-order chi connectivity index (χ1) is 5.93. The zero-order valence-corrected chi connectivity index (χ0v) is 8.79. The van der Waals surface area contributed by atoms with Gasteiger partial charge in [-0.05, 0) is 18.3 Å². The molecule has 0 aromatic rings. The van der Waals surface area contributed by atoms with Crippen LogP contribution >= 0.6 is 0 Å². The number of carbonyl (C=O) groups is 1. The van der Waals surface area contributed by atoms with Crippen molar-refractivity contribution >= 4 is 5.78 Å². The number of rotatable bonds is 1. The van der Waals surface area contributed by atoms with Crippen LogP contribution in [-0.2, 0) is 4.79 Å². The second-order valence-corrected chi connectivity index (χ2v) is 4.60. The molecule has 1 nitrogen and oxygen atoms in total. The number of hydrogen-bond donors (Lipinski definition) is 0. The number of hydrogen-bond acceptors (Lipinski definition) is 1. The zero-order chi connectivity index (χ0) is 10.1. The lowest BCUT2D eigenvalue weighted by atomic mass is 9.70. The van der Waals surface area contributed by atoms with E-state index in [1.807, 2.05) is 18.2 Å². The average Bonchev–Trinajstić information content (AvgIpc) is 2.03. The van der Waals surface area contributed by atoms with Crippen molar-refractivity contribution in [3.05, 3.63) is 30.2 Å². The van der Waals surface area contributed by atoms with Gasteiger partial charge in [0, 0.05) is 0 Å². The molecule has 0 aromatic heterocycles. The van der Waals surface area contributed by atoms with Crippen LogP contribution in [0.1, 0.15) is 27.7 Å². The summed E-state index contributed by atoms with van der Waals surface area (Å²) in [5, 5.41) is 0. The Hall–Kier alpha value is -0.850. The van der Waals surface area contributed by atoms with E-state index in [1.54, 1.807) is 6.92 Å². The molecule has 0 saturated carbocycles. The maximum Gasteiger partial charge on any atom is 0.141 e. The highest BCUT2D eigenvalue weighted by atomic mass is 16.1. The number of allylic oxidation sites excluding steroid dienone is 4. The Balaban J connectivity index is 2.89.